The quantitative estimate of drug-likeness (QED) is 0.462. The maximum Gasteiger partial charge on any atom is 0.270 e. The van der Waals surface area contributed by atoms with E-state index in [1.807, 2.05) is 0 Å². The Hall–Kier alpha value is -2.33. The van der Waals surface area contributed by atoms with Gasteiger partial charge < -0.3 is 15.5 Å². The van der Waals surface area contributed by atoms with Crippen LogP contribution in [0.25, 0.3) is 0 Å². The number of amides is 1. The minimum atomic E-state index is -0.405. The molecule has 0 radical (unpaired) electrons. The minimum absolute atomic E-state index is 0.201. The van der Waals surface area contributed by atoms with Gasteiger partial charge in [0, 0.05) is 37.1 Å². The number of hydrogen-bond donors (Lipinski definition) is 3. The van der Waals surface area contributed by atoms with E-state index in [4.69, 9.17) is 5.41 Å². The molecule has 10 heteroatoms. The molecule has 28 heavy (non-hydrogen) atoms. The summed E-state index contributed by atoms with van der Waals surface area (Å²) >= 11 is 4.49. The molecule has 0 saturated carbocycles. The lowest BCUT2D eigenvalue weighted by Crippen LogP contribution is -2.39. The second-order valence-electron chi connectivity index (χ2n) is 6.35. The number of carbonyl (C=O) groups excluding carboxylic acids is 2. The summed E-state index contributed by atoms with van der Waals surface area (Å²) in [6.45, 7) is 1.26. The van der Waals surface area contributed by atoms with Crippen LogP contribution in [-0.2, 0) is 4.79 Å². The number of nitrogens with zero attached hydrogens (tertiary/aromatic N) is 2. The third kappa shape index (κ3) is 4.56. The summed E-state index contributed by atoms with van der Waals surface area (Å²) in [5.74, 6) is -1.34. The predicted octanol–water partition coefficient (Wildman–Crippen LogP) is 3.28. The summed E-state index contributed by atoms with van der Waals surface area (Å²) in [6, 6.07) is 4.24. The van der Waals surface area contributed by atoms with E-state index >= 15 is 0 Å². The van der Waals surface area contributed by atoms with Crippen molar-refractivity contribution >= 4 is 55.6 Å². The van der Waals surface area contributed by atoms with Gasteiger partial charge in [-0.15, -0.1) is 11.3 Å². The second-order valence-corrected chi connectivity index (χ2v) is 8.04. The Bertz CT molecular complexity index is 911. The Morgan fingerprint density at radius 3 is 2.71 bits per heavy atom. The first-order valence-electron chi connectivity index (χ1n) is 8.66. The number of anilines is 2. The molecule has 3 rings (SSSR count). The van der Waals surface area contributed by atoms with Crippen molar-refractivity contribution in [2.45, 2.75) is 12.8 Å². The molecule has 0 spiro atoms. The topological polar surface area (TPSA) is 98.2 Å². The largest absolute Gasteiger partial charge is 0.354 e. The molecular weight excluding hydrogens is 449 g/mol. The van der Waals surface area contributed by atoms with E-state index < -0.39 is 5.82 Å². The number of aromatic nitrogens is 1. The molecular formula is C18H19BrFN5O2S. The summed E-state index contributed by atoms with van der Waals surface area (Å²) in [4.78, 5) is 30.6. The van der Waals surface area contributed by atoms with Gasteiger partial charge >= 0.3 is 0 Å². The van der Waals surface area contributed by atoms with Gasteiger partial charge in [-0.3, -0.25) is 15.0 Å². The van der Waals surface area contributed by atoms with Crippen molar-refractivity contribution in [1.82, 2.24) is 10.3 Å². The smallest absolute Gasteiger partial charge is 0.270 e. The zero-order valence-corrected chi connectivity index (χ0v) is 17.5. The zero-order valence-electron chi connectivity index (χ0n) is 15.1. The summed E-state index contributed by atoms with van der Waals surface area (Å²) in [5.41, 5.74) is 0.866. The van der Waals surface area contributed by atoms with Crippen molar-refractivity contribution in [3.05, 3.63) is 39.6 Å². The van der Waals surface area contributed by atoms with Crippen molar-refractivity contribution in [3.8, 4) is 0 Å². The number of nitrogens with one attached hydrogen (secondary N) is 3. The van der Waals surface area contributed by atoms with E-state index in [1.165, 1.54) is 29.5 Å². The van der Waals surface area contributed by atoms with Crippen LogP contribution in [0.3, 0.4) is 0 Å². The highest BCUT2D eigenvalue weighted by Crippen LogP contribution is 2.27. The normalized spacial score (nSPS) is 14.6. The van der Waals surface area contributed by atoms with Crippen LogP contribution in [0.5, 0.6) is 0 Å². The first-order valence-corrected chi connectivity index (χ1v) is 10.3. The summed E-state index contributed by atoms with van der Waals surface area (Å²) < 4.78 is 13.6. The number of rotatable bonds is 5. The van der Waals surface area contributed by atoms with E-state index in [9.17, 15) is 14.0 Å². The molecule has 0 atom stereocenters. The van der Waals surface area contributed by atoms with Gasteiger partial charge in [0.15, 0.2) is 11.0 Å². The fraction of sp³-hybridized carbons (Fsp3) is 0.333. The van der Waals surface area contributed by atoms with Gasteiger partial charge in [-0.05, 0) is 47.0 Å². The van der Waals surface area contributed by atoms with Crippen LogP contribution in [0, 0.1) is 17.1 Å². The first kappa shape index (κ1) is 20.4. The lowest BCUT2D eigenvalue weighted by atomic mass is 9.92. The first-order chi connectivity index (χ1) is 13.4. The summed E-state index contributed by atoms with van der Waals surface area (Å²) in [5, 5.41) is 15.8. The van der Waals surface area contributed by atoms with Crippen LogP contribution >= 0.6 is 27.3 Å². The Balaban J connectivity index is 1.55. The molecule has 1 aliphatic heterocycles. The Kier molecular flexibility index (Phi) is 6.40. The van der Waals surface area contributed by atoms with Crippen molar-refractivity contribution in [2.75, 3.05) is 30.4 Å². The van der Waals surface area contributed by atoms with Crippen LogP contribution in [-0.4, -0.2) is 42.6 Å². The molecule has 2 heterocycles. The van der Waals surface area contributed by atoms with Gasteiger partial charge in [0.1, 0.15) is 11.5 Å². The number of carbonyl (C=O) groups is 2. The number of ketones is 1. The Morgan fingerprint density at radius 2 is 2.07 bits per heavy atom. The Morgan fingerprint density at radius 1 is 1.36 bits per heavy atom. The fourth-order valence-corrected chi connectivity index (χ4v) is 4.20. The molecule has 2 aromatic rings. The Labute approximate surface area is 174 Å². The fourth-order valence-electron chi connectivity index (χ4n) is 2.96. The highest BCUT2D eigenvalue weighted by atomic mass is 79.9. The zero-order chi connectivity index (χ0) is 20.3. The average molecular weight is 468 g/mol. The molecule has 1 aliphatic rings. The molecule has 1 aromatic heterocycles. The van der Waals surface area contributed by atoms with Crippen molar-refractivity contribution in [1.29, 1.82) is 5.41 Å². The lowest BCUT2D eigenvalue weighted by Gasteiger charge is -2.31. The molecule has 1 saturated heterocycles. The molecule has 7 nitrogen and oxygen atoms in total. The SMILES string of the molecule is CNC(=O)c1csc(N2CCC(C(=O)C(=N)Nc3ccc(F)c(Br)c3)CC2)n1. The van der Waals surface area contributed by atoms with E-state index in [1.54, 1.807) is 12.4 Å². The van der Waals surface area contributed by atoms with Crippen LogP contribution < -0.4 is 15.5 Å². The van der Waals surface area contributed by atoms with Gasteiger partial charge in [-0.1, -0.05) is 0 Å². The number of benzene rings is 1. The molecule has 148 valence electrons. The molecule has 0 unspecified atom stereocenters. The van der Waals surface area contributed by atoms with Crippen molar-refractivity contribution in [3.63, 3.8) is 0 Å². The van der Waals surface area contributed by atoms with Gasteiger partial charge in [0.25, 0.3) is 5.91 Å². The van der Waals surface area contributed by atoms with E-state index in [2.05, 4.69) is 36.4 Å². The molecule has 0 bridgehead atoms. The minimum Gasteiger partial charge on any atom is -0.354 e. The van der Waals surface area contributed by atoms with Gasteiger partial charge in [0.05, 0.1) is 4.47 Å². The summed E-state index contributed by atoms with van der Waals surface area (Å²) in [7, 11) is 1.56. The van der Waals surface area contributed by atoms with Gasteiger partial charge in [0.2, 0.25) is 5.78 Å². The van der Waals surface area contributed by atoms with E-state index in [0.717, 1.165) is 5.13 Å². The second kappa shape index (κ2) is 8.78. The van der Waals surface area contributed by atoms with Crippen LogP contribution in [0.1, 0.15) is 23.3 Å². The predicted molar refractivity (Wildman–Crippen MR) is 111 cm³/mol. The van der Waals surface area contributed by atoms with Crippen LogP contribution in [0.4, 0.5) is 15.2 Å². The maximum absolute atomic E-state index is 13.3. The monoisotopic (exact) mass is 467 g/mol. The highest BCUT2D eigenvalue weighted by Gasteiger charge is 2.29. The lowest BCUT2D eigenvalue weighted by molar-refractivity contribution is -0.117. The van der Waals surface area contributed by atoms with Crippen LogP contribution in [0.15, 0.2) is 28.1 Å². The number of hydrogen-bond acceptors (Lipinski definition) is 6. The van der Waals surface area contributed by atoms with E-state index in [-0.39, 0.29) is 27.9 Å². The highest BCUT2D eigenvalue weighted by molar-refractivity contribution is 9.10. The van der Waals surface area contributed by atoms with Gasteiger partial charge in [-0.2, -0.15) is 0 Å². The number of amidine groups is 1. The number of piperidine rings is 1. The number of halogens is 2. The maximum atomic E-state index is 13.3. The number of Topliss-reactive ketones (excluding diaryl/α,β-unsaturated/α-hetero) is 1. The average Bonchev–Trinajstić information content (AvgIpc) is 3.20. The summed E-state index contributed by atoms with van der Waals surface area (Å²) in [6.07, 6.45) is 1.20. The molecule has 1 amide bonds. The molecule has 3 N–H and O–H groups in total. The third-order valence-electron chi connectivity index (χ3n) is 4.52. The molecule has 0 aliphatic carbocycles. The van der Waals surface area contributed by atoms with Crippen molar-refractivity contribution in [2.24, 2.45) is 5.92 Å². The molecule has 1 fully saturated rings. The van der Waals surface area contributed by atoms with Crippen molar-refractivity contribution < 1.29 is 14.0 Å². The standard InChI is InChI=1S/C18H19BrFN5O2S/c1-22-17(27)14-9-28-18(24-14)25-6-4-10(5-7-25)15(26)16(21)23-11-2-3-13(20)12(19)8-11/h2-3,8-10H,4-7H2,1H3,(H2,21,23)(H,22,27). The molecule has 1 aromatic carbocycles. The van der Waals surface area contributed by atoms with Gasteiger partial charge in [-0.25, -0.2) is 9.37 Å². The third-order valence-corrected chi connectivity index (χ3v) is 6.03. The van der Waals surface area contributed by atoms with Crippen LogP contribution in [0.2, 0.25) is 0 Å². The number of thiazole rings is 1. The van der Waals surface area contributed by atoms with E-state index in [0.29, 0.717) is 37.3 Å².